The topological polar surface area (TPSA) is 66.8 Å². The van der Waals surface area contributed by atoms with Gasteiger partial charge in [-0.05, 0) is 11.6 Å². The van der Waals surface area contributed by atoms with Crippen LogP contribution in [0.3, 0.4) is 0 Å². The summed E-state index contributed by atoms with van der Waals surface area (Å²) < 4.78 is 31.5. The van der Waals surface area contributed by atoms with Crippen LogP contribution in [-0.2, 0) is 4.79 Å². The Kier molecular flexibility index (Phi) is 4.39. The molecule has 1 atom stereocenters. The quantitative estimate of drug-likeness (QED) is 0.826. The second-order valence-electron chi connectivity index (χ2n) is 3.49. The molecule has 0 saturated heterocycles. The summed E-state index contributed by atoms with van der Waals surface area (Å²) in [5, 5.41) is 17.6. The first-order chi connectivity index (χ1) is 7.99. The summed E-state index contributed by atoms with van der Waals surface area (Å²) in [6.07, 6.45) is -0.473. The maximum absolute atomic E-state index is 13.6. The molecule has 0 spiro atoms. The van der Waals surface area contributed by atoms with Crippen molar-refractivity contribution in [3.63, 3.8) is 0 Å². The smallest absolute Gasteiger partial charge is 0.304 e. The van der Waals surface area contributed by atoms with Gasteiger partial charge in [-0.1, -0.05) is 0 Å². The molecule has 1 aromatic rings. The largest absolute Gasteiger partial charge is 0.494 e. The number of halogens is 2. The molecule has 0 amide bonds. The third-order valence-electron chi connectivity index (χ3n) is 2.35. The van der Waals surface area contributed by atoms with Crippen LogP contribution in [0.4, 0.5) is 8.78 Å². The van der Waals surface area contributed by atoms with Crippen LogP contribution < -0.4 is 4.74 Å². The number of hydrogen-bond acceptors (Lipinski definition) is 3. The lowest BCUT2D eigenvalue weighted by Gasteiger charge is -2.14. The van der Waals surface area contributed by atoms with Crippen molar-refractivity contribution in [3.8, 4) is 5.75 Å². The predicted molar refractivity (Wildman–Crippen MR) is 55.0 cm³/mol. The van der Waals surface area contributed by atoms with Gasteiger partial charge in [0.1, 0.15) is 5.82 Å². The zero-order valence-corrected chi connectivity index (χ0v) is 9.11. The van der Waals surface area contributed by atoms with Crippen molar-refractivity contribution in [2.45, 2.75) is 12.3 Å². The molecule has 0 aliphatic rings. The van der Waals surface area contributed by atoms with E-state index in [1.54, 1.807) is 0 Å². The van der Waals surface area contributed by atoms with Crippen molar-refractivity contribution in [2.24, 2.45) is 0 Å². The van der Waals surface area contributed by atoms with Crippen molar-refractivity contribution in [1.29, 1.82) is 0 Å². The van der Waals surface area contributed by atoms with Crippen LogP contribution in [0.2, 0.25) is 0 Å². The van der Waals surface area contributed by atoms with Gasteiger partial charge in [0.25, 0.3) is 0 Å². The van der Waals surface area contributed by atoms with E-state index in [0.717, 1.165) is 12.1 Å². The highest BCUT2D eigenvalue weighted by Gasteiger charge is 2.21. The van der Waals surface area contributed by atoms with Crippen molar-refractivity contribution in [3.05, 3.63) is 29.3 Å². The number of benzene rings is 1. The molecule has 0 radical (unpaired) electrons. The molecule has 94 valence electrons. The summed E-state index contributed by atoms with van der Waals surface area (Å²) in [4.78, 5) is 10.5. The normalized spacial score (nSPS) is 12.2. The van der Waals surface area contributed by atoms with E-state index in [1.165, 1.54) is 7.11 Å². The number of hydrogen-bond donors (Lipinski definition) is 2. The number of aliphatic hydroxyl groups is 1. The second-order valence-corrected chi connectivity index (χ2v) is 3.49. The van der Waals surface area contributed by atoms with Gasteiger partial charge < -0.3 is 14.9 Å². The summed E-state index contributed by atoms with van der Waals surface area (Å²) in [5.74, 6) is -4.04. The number of carbonyl (C=O) groups is 1. The lowest BCUT2D eigenvalue weighted by atomic mass is 9.96. The number of aliphatic hydroxyl groups excluding tert-OH is 1. The van der Waals surface area contributed by atoms with E-state index < -0.39 is 36.5 Å². The summed E-state index contributed by atoms with van der Waals surface area (Å²) in [5.41, 5.74) is -0.173. The maximum atomic E-state index is 13.6. The maximum Gasteiger partial charge on any atom is 0.304 e. The van der Waals surface area contributed by atoms with Gasteiger partial charge in [0, 0.05) is 12.0 Å². The van der Waals surface area contributed by atoms with E-state index in [2.05, 4.69) is 4.74 Å². The number of carboxylic acid groups (broad SMARTS) is 1. The summed E-state index contributed by atoms with van der Waals surface area (Å²) in [6, 6.07) is 1.67. The van der Waals surface area contributed by atoms with Crippen LogP contribution >= 0.6 is 0 Å². The van der Waals surface area contributed by atoms with Gasteiger partial charge in [0.2, 0.25) is 0 Å². The van der Waals surface area contributed by atoms with E-state index in [4.69, 9.17) is 10.2 Å². The first-order valence-electron chi connectivity index (χ1n) is 4.85. The van der Waals surface area contributed by atoms with Crippen LogP contribution in [0.1, 0.15) is 17.9 Å². The first kappa shape index (κ1) is 13.4. The minimum absolute atomic E-state index is 0.173. The molecule has 4 nitrogen and oxygen atoms in total. The fourth-order valence-corrected chi connectivity index (χ4v) is 1.50. The highest BCUT2D eigenvalue weighted by atomic mass is 19.1. The van der Waals surface area contributed by atoms with Gasteiger partial charge in [0.15, 0.2) is 11.6 Å². The van der Waals surface area contributed by atoms with Crippen LogP contribution in [0.15, 0.2) is 12.1 Å². The van der Waals surface area contributed by atoms with E-state index >= 15 is 0 Å². The average molecular weight is 246 g/mol. The van der Waals surface area contributed by atoms with Crippen molar-refractivity contribution >= 4 is 5.97 Å². The Labute approximate surface area is 96.5 Å². The van der Waals surface area contributed by atoms with Gasteiger partial charge in [0.05, 0.1) is 20.1 Å². The Morgan fingerprint density at radius 3 is 2.53 bits per heavy atom. The Balaban J connectivity index is 3.11. The molecule has 6 heteroatoms. The van der Waals surface area contributed by atoms with Gasteiger partial charge in [-0.25, -0.2) is 8.78 Å². The molecule has 0 heterocycles. The van der Waals surface area contributed by atoms with Gasteiger partial charge in [-0.15, -0.1) is 0 Å². The van der Waals surface area contributed by atoms with Gasteiger partial charge in [-0.3, -0.25) is 4.79 Å². The fraction of sp³-hybridized carbons (Fsp3) is 0.364. The average Bonchev–Trinajstić information content (AvgIpc) is 2.28. The molecule has 1 unspecified atom stereocenters. The predicted octanol–water partition coefficient (Wildman–Crippen LogP) is 1.52. The van der Waals surface area contributed by atoms with E-state index in [0.29, 0.717) is 0 Å². The number of carboxylic acids is 1. The number of rotatable bonds is 5. The molecule has 0 aliphatic carbocycles. The van der Waals surface area contributed by atoms with Crippen molar-refractivity contribution in [2.75, 3.05) is 13.7 Å². The van der Waals surface area contributed by atoms with Gasteiger partial charge >= 0.3 is 5.97 Å². The zero-order valence-electron chi connectivity index (χ0n) is 9.11. The van der Waals surface area contributed by atoms with E-state index in [1.807, 2.05) is 0 Å². The molecular formula is C11H12F2O4. The van der Waals surface area contributed by atoms with Crippen LogP contribution in [-0.4, -0.2) is 29.9 Å². The molecule has 1 rings (SSSR count). The van der Waals surface area contributed by atoms with Crippen molar-refractivity contribution < 1.29 is 28.5 Å². The molecule has 2 N–H and O–H groups in total. The summed E-state index contributed by atoms with van der Waals surface area (Å²) >= 11 is 0. The monoisotopic (exact) mass is 246 g/mol. The Morgan fingerprint density at radius 2 is 2.06 bits per heavy atom. The molecule has 17 heavy (non-hydrogen) atoms. The Morgan fingerprint density at radius 1 is 1.41 bits per heavy atom. The van der Waals surface area contributed by atoms with E-state index in [-0.39, 0.29) is 11.3 Å². The molecule has 0 aromatic heterocycles. The number of methoxy groups -OCH3 is 1. The standard InChI is InChI=1S/C11H12F2O4/c1-17-10-4-8(12)7(3-9(10)13)6(5-14)2-11(15)16/h3-4,6,14H,2,5H2,1H3,(H,15,16). The zero-order chi connectivity index (χ0) is 13.0. The highest BCUT2D eigenvalue weighted by molar-refractivity contribution is 5.68. The Bertz CT molecular complexity index is 420. The first-order valence-corrected chi connectivity index (χ1v) is 4.85. The minimum atomic E-state index is -1.19. The third-order valence-corrected chi connectivity index (χ3v) is 2.35. The second kappa shape index (κ2) is 5.58. The van der Waals surface area contributed by atoms with Crippen LogP contribution in [0.5, 0.6) is 5.75 Å². The molecule has 0 fully saturated rings. The van der Waals surface area contributed by atoms with E-state index in [9.17, 15) is 13.6 Å². The molecule has 0 bridgehead atoms. The SMILES string of the molecule is COc1cc(F)c(C(CO)CC(=O)O)cc1F. The third kappa shape index (κ3) is 3.13. The minimum Gasteiger partial charge on any atom is -0.494 e. The number of aliphatic carboxylic acids is 1. The van der Waals surface area contributed by atoms with Crippen LogP contribution in [0, 0.1) is 11.6 Å². The lowest BCUT2D eigenvalue weighted by Crippen LogP contribution is -2.12. The highest BCUT2D eigenvalue weighted by Crippen LogP contribution is 2.28. The summed E-state index contributed by atoms with van der Waals surface area (Å²) in [7, 11) is 1.19. The van der Waals surface area contributed by atoms with Crippen molar-refractivity contribution in [1.82, 2.24) is 0 Å². The molecular weight excluding hydrogens is 234 g/mol. The Hall–Kier alpha value is -1.69. The molecule has 0 saturated carbocycles. The molecule has 1 aromatic carbocycles. The van der Waals surface area contributed by atoms with Gasteiger partial charge in [-0.2, -0.15) is 0 Å². The summed E-state index contributed by atoms with van der Waals surface area (Å²) in [6.45, 7) is -0.574. The lowest BCUT2D eigenvalue weighted by molar-refractivity contribution is -0.137. The fourth-order valence-electron chi connectivity index (χ4n) is 1.50. The number of ether oxygens (including phenoxy) is 1. The van der Waals surface area contributed by atoms with Crippen LogP contribution in [0.25, 0.3) is 0 Å². The molecule has 0 aliphatic heterocycles.